The molecule has 1 aliphatic rings. The van der Waals surface area contributed by atoms with Crippen LogP contribution in [-0.4, -0.2) is 44.3 Å². The first-order valence-corrected chi connectivity index (χ1v) is 7.36. The smallest absolute Gasteiger partial charge is 0.269 e. The Morgan fingerprint density at radius 2 is 1.94 bits per heavy atom. The molecule has 1 aromatic carbocycles. The Labute approximate surface area is 110 Å². The van der Waals surface area contributed by atoms with Gasteiger partial charge in [-0.2, -0.15) is 0 Å². The minimum atomic E-state index is -3.71. The molecule has 0 unspecified atom stereocenters. The Kier molecular flexibility index (Phi) is 3.89. The third-order valence-electron chi connectivity index (χ3n) is 2.57. The van der Waals surface area contributed by atoms with Gasteiger partial charge in [-0.25, -0.2) is 12.7 Å². The number of hydrogen-bond acceptors (Lipinski definition) is 4. The van der Waals surface area contributed by atoms with Gasteiger partial charge in [0.15, 0.2) is 0 Å². The van der Waals surface area contributed by atoms with Gasteiger partial charge >= 0.3 is 0 Å². The molecule has 0 N–H and O–H groups in total. The first-order valence-electron chi connectivity index (χ1n) is 5.39. The van der Waals surface area contributed by atoms with Crippen LogP contribution in [0.25, 0.3) is 0 Å². The molecule has 0 bridgehead atoms. The highest BCUT2D eigenvalue weighted by atomic mass is 35.5. The maximum atomic E-state index is 12.1. The van der Waals surface area contributed by atoms with Crippen molar-refractivity contribution in [1.82, 2.24) is 4.31 Å². The number of amides is 1. The molecular weight excluding hydrogens is 278 g/mol. The van der Waals surface area contributed by atoms with Crippen LogP contribution in [0, 0.1) is 0 Å². The van der Waals surface area contributed by atoms with Crippen LogP contribution in [0.5, 0.6) is 0 Å². The lowest BCUT2D eigenvalue weighted by atomic mass is 10.2. The molecule has 1 heterocycles. The Bertz CT molecular complexity index is 558. The van der Waals surface area contributed by atoms with E-state index in [1.165, 1.54) is 12.1 Å². The highest BCUT2D eigenvalue weighted by molar-refractivity contribution is 7.90. The van der Waals surface area contributed by atoms with Crippen LogP contribution >= 0.6 is 11.6 Å². The summed E-state index contributed by atoms with van der Waals surface area (Å²) in [7, 11) is -3.71. The average molecular weight is 290 g/mol. The highest BCUT2D eigenvalue weighted by Gasteiger charge is 2.40. The van der Waals surface area contributed by atoms with Crippen molar-refractivity contribution in [2.24, 2.45) is 0 Å². The second-order valence-corrected chi connectivity index (χ2v) is 5.89. The van der Waals surface area contributed by atoms with Gasteiger partial charge in [-0.05, 0) is 12.1 Å². The van der Waals surface area contributed by atoms with Crippen molar-refractivity contribution in [3.05, 3.63) is 29.8 Å². The van der Waals surface area contributed by atoms with E-state index in [1.807, 2.05) is 0 Å². The summed E-state index contributed by atoms with van der Waals surface area (Å²) in [4.78, 5) is 12.0. The lowest BCUT2D eigenvalue weighted by molar-refractivity contribution is 0.0812. The number of ether oxygens (including phenoxy) is 1. The van der Waals surface area contributed by atoms with Crippen molar-refractivity contribution < 1.29 is 17.9 Å². The monoisotopic (exact) mass is 289 g/mol. The summed E-state index contributed by atoms with van der Waals surface area (Å²) >= 11 is 5.43. The van der Waals surface area contributed by atoms with Gasteiger partial charge in [0.1, 0.15) is 4.90 Å². The van der Waals surface area contributed by atoms with E-state index in [0.29, 0.717) is 12.5 Å². The number of sulfonamides is 1. The van der Waals surface area contributed by atoms with E-state index >= 15 is 0 Å². The fourth-order valence-electron chi connectivity index (χ4n) is 1.76. The summed E-state index contributed by atoms with van der Waals surface area (Å²) in [5, 5.41) is 0. The summed E-state index contributed by atoms with van der Waals surface area (Å²) in [6, 6.07) is 6.17. The molecule has 1 aliphatic heterocycles. The molecule has 0 saturated carbocycles. The van der Waals surface area contributed by atoms with Crippen LogP contribution in [0.3, 0.4) is 0 Å². The minimum absolute atomic E-state index is 0.00668. The van der Waals surface area contributed by atoms with Crippen molar-refractivity contribution in [3.63, 3.8) is 0 Å². The molecule has 0 radical (unpaired) electrons. The Balaban J connectivity index is 2.18. The number of nitrogens with zero attached hydrogens (tertiary/aromatic N) is 1. The zero-order chi connectivity index (χ0) is 13.2. The van der Waals surface area contributed by atoms with E-state index < -0.39 is 15.9 Å². The lowest BCUT2D eigenvalue weighted by Crippen LogP contribution is -2.33. The molecule has 0 aliphatic carbocycles. The molecule has 98 valence electrons. The molecule has 18 heavy (non-hydrogen) atoms. The number of carbonyl (C=O) groups excluding carboxylic acids is 1. The largest absolute Gasteiger partial charge is 0.378 e. The van der Waals surface area contributed by atoms with E-state index in [-0.39, 0.29) is 23.6 Å². The van der Waals surface area contributed by atoms with E-state index in [9.17, 15) is 13.2 Å². The van der Waals surface area contributed by atoms with Crippen LogP contribution in [0.2, 0.25) is 0 Å². The molecule has 0 atom stereocenters. The molecule has 0 saturated heterocycles. The highest BCUT2D eigenvalue weighted by Crippen LogP contribution is 2.29. The molecular formula is C11H12ClNO4S. The third-order valence-corrected chi connectivity index (χ3v) is 4.57. The minimum Gasteiger partial charge on any atom is -0.378 e. The van der Waals surface area contributed by atoms with Gasteiger partial charge in [0.25, 0.3) is 15.9 Å². The molecule has 1 aromatic rings. The number of benzene rings is 1. The molecule has 1 amide bonds. The van der Waals surface area contributed by atoms with Crippen LogP contribution < -0.4 is 0 Å². The predicted molar refractivity (Wildman–Crippen MR) is 66.2 cm³/mol. The lowest BCUT2D eigenvalue weighted by Gasteiger charge is -2.14. The van der Waals surface area contributed by atoms with Crippen molar-refractivity contribution in [2.75, 3.05) is 25.6 Å². The summed E-state index contributed by atoms with van der Waals surface area (Å²) in [5.74, 6) is -0.166. The first-order chi connectivity index (χ1) is 8.59. The van der Waals surface area contributed by atoms with E-state index in [4.69, 9.17) is 16.3 Å². The number of carbonyl (C=O) groups is 1. The van der Waals surface area contributed by atoms with E-state index in [1.54, 1.807) is 12.1 Å². The zero-order valence-corrected chi connectivity index (χ0v) is 11.1. The number of halogens is 1. The second-order valence-electron chi connectivity index (χ2n) is 3.68. The number of alkyl halides is 1. The topological polar surface area (TPSA) is 63.7 Å². The maximum Gasteiger partial charge on any atom is 0.269 e. The fraction of sp³-hybridized carbons (Fsp3) is 0.364. The number of fused-ring (bicyclic) bond motifs is 1. The van der Waals surface area contributed by atoms with Crippen molar-refractivity contribution in [1.29, 1.82) is 0 Å². The summed E-state index contributed by atoms with van der Waals surface area (Å²) < 4.78 is 30.1. The van der Waals surface area contributed by atoms with Crippen LogP contribution in [0.1, 0.15) is 10.4 Å². The Morgan fingerprint density at radius 3 is 2.61 bits per heavy atom. The van der Waals surface area contributed by atoms with E-state index in [0.717, 1.165) is 4.31 Å². The van der Waals surface area contributed by atoms with Gasteiger partial charge in [0.05, 0.1) is 25.3 Å². The van der Waals surface area contributed by atoms with Crippen molar-refractivity contribution >= 4 is 27.5 Å². The molecule has 0 aromatic heterocycles. The molecule has 0 fully saturated rings. The standard InChI is InChI=1S/C11H12ClNO4S/c12-5-7-17-8-6-13-11(14)9-3-1-2-4-10(9)18(13,15)16/h1-4H,5-8H2. The number of rotatable bonds is 5. The van der Waals surface area contributed by atoms with Gasteiger partial charge in [0, 0.05) is 5.88 Å². The second kappa shape index (κ2) is 5.26. The Morgan fingerprint density at radius 1 is 1.22 bits per heavy atom. The fourth-order valence-corrected chi connectivity index (χ4v) is 3.42. The van der Waals surface area contributed by atoms with Crippen molar-refractivity contribution in [3.8, 4) is 0 Å². The average Bonchev–Trinajstić information content (AvgIpc) is 2.55. The molecule has 7 heteroatoms. The Hall–Kier alpha value is -1.11. The first kappa shape index (κ1) is 13.3. The maximum absolute atomic E-state index is 12.1. The van der Waals surface area contributed by atoms with Crippen molar-refractivity contribution in [2.45, 2.75) is 4.90 Å². The summed E-state index contributed by atoms with van der Waals surface area (Å²) in [6.45, 7) is 0.481. The third kappa shape index (κ3) is 2.23. The van der Waals surface area contributed by atoms with Gasteiger partial charge in [-0.1, -0.05) is 12.1 Å². The van der Waals surface area contributed by atoms with Crippen LogP contribution in [0.15, 0.2) is 29.2 Å². The molecule has 2 rings (SSSR count). The van der Waals surface area contributed by atoms with E-state index in [2.05, 4.69) is 0 Å². The van der Waals surface area contributed by atoms with Crippen LogP contribution in [-0.2, 0) is 14.8 Å². The zero-order valence-electron chi connectivity index (χ0n) is 9.50. The van der Waals surface area contributed by atoms with Gasteiger partial charge in [-0.15, -0.1) is 11.6 Å². The predicted octanol–water partition coefficient (Wildman–Crippen LogP) is 1.09. The summed E-state index contributed by atoms with van der Waals surface area (Å²) in [6.07, 6.45) is 0. The van der Waals surface area contributed by atoms with Gasteiger partial charge in [-0.3, -0.25) is 4.79 Å². The van der Waals surface area contributed by atoms with Gasteiger partial charge < -0.3 is 4.74 Å². The quantitative estimate of drug-likeness (QED) is 0.601. The SMILES string of the molecule is O=C1c2ccccc2S(=O)(=O)N1CCOCCCl. The number of hydrogen-bond donors (Lipinski definition) is 0. The summed E-state index contributed by atoms with van der Waals surface area (Å²) in [5.41, 5.74) is 0.217. The molecule has 5 nitrogen and oxygen atoms in total. The van der Waals surface area contributed by atoms with Gasteiger partial charge in [0.2, 0.25) is 0 Å². The van der Waals surface area contributed by atoms with Crippen LogP contribution in [0.4, 0.5) is 0 Å². The normalized spacial score (nSPS) is 16.9. The molecule has 0 spiro atoms.